The summed E-state index contributed by atoms with van der Waals surface area (Å²) in [6.07, 6.45) is 25.1. The van der Waals surface area contributed by atoms with Crippen molar-refractivity contribution in [2.75, 3.05) is 19.7 Å². The molecule has 0 fully saturated rings. The Morgan fingerprint density at radius 1 is 0.889 bits per heavy atom. The second kappa shape index (κ2) is 19.0. The maximum atomic E-state index is 12.5. The van der Waals surface area contributed by atoms with Crippen molar-refractivity contribution < 1.29 is 9.53 Å². The Hall–Kier alpha value is -2.23. The fourth-order valence-electron chi connectivity index (χ4n) is 4.68. The number of amides is 1. The lowest BCUT2D eigenvalue weighted by atomic mass is 10.0. The number of nitrogens with one attached hydrogen (secondary N) is 1. The van der Waals surface area contributed by atoms with E-state index >= 15 is 0 Å². The molecular weight excluding hydrogens is 444 g/mol. The zero-order valence-corrected chi connectivity index (χ0v) is 23.5. The van der Waals surface area contributed by atoms with Crippen molar-refractivity contribution in [1.29, 1.82) is 0 Å². The molecule has 4 heteroatoms. The molecule has 0 saturated carbocycles. The number of ether oxygens (including phenoxy) is 1. The molecule has 0 aliphatic carbocycles. The summed E-state index contributed by atoms with van der Waals surface area (Å²) in [6, 6.07) is 6.18. The average molecular weight is 497 g/mol. The van der Waals surface area contributed by atoms with Crippen LogP contribution in [-0.4, -0.2) is 30.5 Å². The summed E-state index contributed by atoms with van der Waals surface area (Å²) in [7, 11) is 0. The lowest BCUT2D eigenvalue weighted by molar-refractivity contribution is -0.117. The van der Waals surface area contributed by atoms with Gasteiger partial charge in [0, 0.05) is 25.8 Å². The van der Waals surface area contributed by atoms with Gasteiger partial charge in [-0.05, 0) is 43.5 Å². The van der Waals surface area contributed by atoms with Gasteiger partial charge in [-0.15, -0.1) is 0 Å². The predicted octanol–water partition coefficient (Wildman–Crippen LogP) is 8.25. The molecule has 0 aromatic heterocycles. The van der Waals surface area contributed by atoms with Crippen molar-refractivity contribution in [1.82, 2.24) is 10.2 Å². The lowest BCUT2D eigenvalue weighted by Gasteiger charge is -2.21. The molecule has 1 N–H and O–H groups in total. The van der Waals surface area contributed by atoms with Crippen molar-refractivity contribution in [3.8, 4) is 5.75 Å². The van der Waals surface area contributed by atoms with E-state index in [1.807, 2.05) is 24.4 Å². The van der Waals surface area contributed by atoms with Crippen LogP contribution >= 0.6 is 0 Å². The summed E-state index contributed by atoms with van der Waals surface area (Å²) in [5, 5.41) is 3.05. The van der Waals surface area contributed by atoms with Crippen molar-refractivity contribution in [2.24, 2.45) is 0 Å². The van der Waals surface area contributed by atoms with E-state index in [1.165, 1.54) is 83.5 Å². The molecule has 2 rings (SSSR count). The van der Waals surface area contributed by atoms with Crippen molar-refractivity contribution in [3.63, 3.8) is 0 Å². The van der Waals surface area contributed by atoms with Crippen molar-refractivity contribution >= 4 is 5.91 Å². The molecule has 1 amide bonds. The van der Waals surface area contributed by atoms with Gasteiger partial charge in [-0.25, -0.2) is 0 Å². The monoisotopic (exact) mass is 496 g/mol. The van der Waals surface area contributed by atoms with Crippen LogP contribution in [0.4, 0.5) is 0 Å². The summed E-state index contributed by atoms with van der Waals surface area (Å²) in [5.41, 5.74) is 2.99. The third-order valence-corrected chi connectivity index (χ3v) is 7.15. The zero-order chi connectivity index (χ0) is 25.8. The van der Waals surface area contributed by atoms with Gasteiger partial charge >= 0.3 is 0 Å². The van der Waals surface area contributed by atoms with E-state index in [9.17, 15) is 4.79 Å². The minimum absolute atomic E-state index is 0.0260. The van der Waals surface area contributed by atoms with Crippen LogP contribution in [0.1, 0.15) is 115 Å². The van der Waals surface area contributed by atoms with Crippen LogP contribution in [0.3, 0.4) is 0 Å². The third-order valence-electron chi connectivity index (χ3n) is 7.15. The number of unbranched alkanes of at least 4 members (excludes halogenated alkanes) is 13. The van der Waals surface area contributed by atoms with Crippen LogP contribution in [0.15, 0.2) is 42.1 Å². The highest BCUT2D eigenvalue weighted by atomic mass is 16.5. The Labute approximate surface area is 221 Å². The standard InChI is InChI=1S/C32H52N2O2/c1-4-6-7-8-9-10-11-12-13-14-15-16-17-18-24-36-31-22-21-29(28(3)25-31)26-33-32(35)30-20-19-23-34(5-2)27-30/h19-22,25,27H,4-18,23-24,26H2,1-3H3,(H,33,35). The highest BCUT2D eigenvalue weighted by Crippen LogP contribution is 2.19. The van der Waals surface area contributed by atoms with Gasteiger partial charge in [-0.1, -0.05) is 109 Å². The molecule has 1 aliphatic heterocycles. The van der Waals surface area contributed by atoms with Crippen LogP contribution in [0, 0.1) is 6.92 Å². The molecule has 0 spiro atoms. The van der Waals surface area contributed by atoms with Crippen LogP contribution in [0.5, 0.6) is 5.75 Å². The fourth-order valence-corrected chi connectivity index (χ4v) is 4.68. The molecule has 1 heterocycles. The Kier molecular flexibility index (Phi) is 15.8. The normalized spacial score (nSPS) is 13.1. The van der Waals surface area contributed by atoms with E-state index in [4.69, 9.17) is 4.74 Å². The number of aryl methyl sites for hydroxylation is 1. The molecule has 0 radical (unpaired) electrons. The Bertz CT molecular complexity index is 799. The van der Waals surface area contributed by atoms with Gasteiger partial charge in [0.2, 0.25) is 0 Å². The van der Waals surface area contributed by atoms with Gasteiger partial charge in [0.05, 0.1) is 12.2 Å². The highest BCUT2D eigenvalue weighted by Gasteiger charge is 2.12. The van der Waals surface area contributed by atoms with Gasteiger partial charge in [0.15, 0.2) is 0 Å². The number of benzene rings is 1. The van der Waals surface area contributed by atoms with Gasteiger partial charge in [-0.2, -0.15) is 0 Å². The first-order chi connectivity index (χ1) is 17.6. The largest absolute Gasteiger partial charge is 0.494 e. The first-order valence-corrected chi connectivity index (χ1v) is 14.8. The summed E-state index contributed by atoms with van der Waals surface area (Å²) >= 11 is 0. The molecular formula is C32H52N2O2. The molecule has 1 aromatic carbocycles. The molecule has 0 atom stereocenters. The molecule has 202 valence electrons. The van der Waals surface area contributed by atoms with Crippen molar-refractivity contribution in [2.45, 2.75) is 117 Å². The van der Waals surface area contributed by atoms with E-state index in [0.29, 0.717) is 12.1 Å². The second-order valence-corrected chi connectivity index (χ2v) is 10.3. The minimum Gasteiger partial charge on any atom is -0.494 e. The number of nitrogens with zero attached hydrogens (tertiary/aromatic N) is 1. The summed E-state index contributed by atoms with van der Waals surface area (Å²) in [6.45, 7) is 9.54. The first kappa shape index (κ1) is 30.0. The quantitative estimate of drug-likeness (QED) is 0.185. The molecule has 0 bridgehead atoms. The van der Waals surface area contributed by atoms with Gasteiger partial charge in [-0.3, -0.25) is 4.79 Å². The lowest BCUT2D eigenvalue weighted by Crippen LogP contribution is -2.28. The average Bonchev–Trinajstić information content (AvgIpc) is 2.90. The third kappa shape index (κ3) is 12.6. The number of hydrogen-bond acceptors (Lipinski definition) is 3. The first-order valence-electron chi connectivity index (χ1n) is 14.8. The van der Waals surface area contributed by atoms with Crippen LogP contribution in [0.25, 0.3) is 0 Å². The van der Waals surface area contributed by atoms with E-state index in [0.717, 1.165) is 43.0 Å². The topological polar surface area (TPSA) is 41.6 Å². The number of carbonyl (C=O) groups is 1. The fraction of sp³-hybridized carbons (Fsp3) is 0.656. The van der Waals surface area contributed by atoms with Gasteiger partial charge < -0.3 is 15.0 Å². The van der Waals surface area contributed by atoms with Gasteiger partial charge in [0.25, 0.3) is 5.91 Å². The summed E-state index contributed by atoms with van der Waals surface area (Å²) in [4.78, 5) is 14.6. The number of carbonyl (C=O) groups excluding carboxylic acids is 1. The van der Waals surface area contributed by atoms with E-state index < -0.39 is 0 Å². The zero-order valence-electron chi connectivity index (χ0n) is 23.5. The van der Waals surface area contributed by atoms with Crippen LogP contribution in [0.2, 0.25) is 0 Å². The molecule has 36 heavy (non-hydrogen) atoms. The predicted molar refractivity (Wildman–Crippen MR) is 153 cm³/mol. The van der Waals surface area contributed by atoms with E-state index in [2.05, 4.69) is 43.1 Å². The summed E-state index contributed by atoms with van der Waals surface area (Å²) in [5.74, 6) is 0.899. The minimum atomic E-state index is -0.0260. The maximum absolute atomic E-state index is 12.5. The molecule has 0 unspecified atom stereocenters. The summed E-state index contributed by atoms with van der Waals surface area (Å²) < 4.78 is 5.98. The van der Waals surface area contributed by atoms with Crippen LogP contribution in [-0.2, 0) is 11.3 Å². The van der Waals surface area contributed by atoms with E-state index in [-0.39, 0.29) is 5.91 Å². The SMILES string of the molecule is CCCCCCCCCCCCCCCCOc1ccc(CNC(=O)C2=CN(CC)CC=C2)c(C)c1. The smallest absolute Gasteiger partial charge is 0.253 e. The highest BCUT2D eigenvalue weighted by molar-refractivity contribution is 5.96. The van der Waals surface area contributed by atoms with E-state index in [1.54, 1.807) is 0 Å². The Balaban J connectivity index is 1.50. The second-order valence-electron chi connectivity index (χ2n) is 10.3. The van der Waals surface area contributed by atoms with Crippen molar-refractivity contribution in [3.05, 3.63) is 53.3 Å². The van der Waals surface area contributed by atoms with Gasteiger partial charge in [0.1, 0.15) is 5.75 Å². The molecule has 4 nitrogen and oxygen atoms in total. The Morgan fingerprint density at radius 2 is 1.50 bits per heavy atom. The molecule has 1 aliphatic rings. The number of hydrogen-bond donors (Lipinski definition) is 1. The Morgan fingerprint density at radius 3 is 2.08 bits per heavy atom. The number of rotatable bonds is 20. The number of likely N-dealkylation sites (N-methyl/N-ethyl adjacent to an activating group) is 1. The molecule has 1 aromatic rings. The van der Waals surface area contributed by atoms with Crippen LogP contribution < -0.4 is 10.1 Å². The molecule has 0 saturated heterocycles. The maximum Gasteiger partial charge on any atom is 0.253 e.